The van der Waals surface area contributed by atoms with E-state index in [0.717, 1.165) is 31.7 Å². The molecule has 5 nitrogen and oxygen atoms in total. The maximum Gasteiger partial charge on any atom is 0.283 e. The molecule has 1 saturated carbocycles. The Labute approximate surface area is 127 Å². The van der Waals surface area contributed by atoms with E-state index in [0.29, 0.717) is 23.5 Å². The molecule has 0 saturated heterocycles. The summed E-state index contributed by atoms with van der Waals surface area (Å²) in [5.41, 5.74) is 0.676. The minimum Gasteiger partial charge on any atom is -0.380 e. The van der Waals surface area contributed by atoms with Crippen LogP contribution in [-0.4, -0.2) is 29.5 Å². The van der Waals surface area contributed by atoms with Crippen molar-refractivity contribution in [3.8, 4) is 0 Å². The number of nitrogens with zero attached hydrogens (tertiary/aromatic N) is 2. The Hall–Kier alpha value is -0.880. The van der Waals surface area contributed by atoms with E-state index in [4.69, 9.17) is 4.74 Å². The third kappa shape index (κ3) is 4.59. The van der Waals surface area contributed by atoms with E-state index >= 15 is 0 Å². The van der Waals surface area contributed by atoms with Gasteiger partial charge < -0.3 is 10.1 Å². The van der Waals surface area contributed by atoms with Gasteiger partial charge in [-0.1, -0.05) is 13.3 Å². The number of aromatic nitrogens is 2. The molecule has 0 unspecified atom stereocenters. The van der Waals surface area contributed by atoms with Crippen molar-refractivity contribution < 1.29 is 4.74 Å². The van der Waals surface area contributed by atoms with Gasteiger partial charge in [0.15, 0.2) is 0 Å². The van der Waals surface area contributed by atoms with Crippen molar-refractivity contribution in [3.05, 3.63) is 21.0 Å². The summed E-state index contributed by atoms with van der Waals surface area (Å²) in [6, 6.07) is 0. The van der Waals surface area contributed by atoms with Gasteiger partial charge in [0.05, 0.1) is 18.5 Å². The molecular weight excluding hydrogens is 322 g/mol. The molecule has 1 aromatic rings. The van der Waals surface area contributed by atoms with Gasteiger partial charge in [0.25, 0.3) is 5.56 Å². The minimum atomic E-state index is -0.0613. The van der Waals surface area contributed by atoms with Crippen LogP contribution in [0.1, 0.15) is 32.6 Å². The summed E-state index contributed by atoms with van der Waals surface area (Å²) in [7, 11) is 0. The highest BCUT2D eigenvalue weighted by atomic mass is 79.9. The summed E-state index contributed by atoms with van der Waals surface area (Å²) >= 11 is 3.36. The predicted octanol–water partition coefficient (Wildman–Crippen LogP) is 2.64. The molecular formula is C14H22BrN3O2. The number of halogens is 1. The van der Waals surface area contributed by atoms with Crippen molar-refractivity contribution in [1.82, 2.24) is 9.78 Å². The summed E-state index contributed by atoms with van der Waals surface area (Å²) in [4.78, 5) is 12.1. The monoisotopic (exact) mass is 343 g/mol. The number of rotatable bonds is 9. The zero-order valence-corrected chi connectivity index (χ0v) is 13.5. The van der Waals surface area contributed by atoms with Crippen LogP contribution in [0.3, 0.4) is 0 Å². The topological polar surface area (TPSA) is 56.1 Å². The van der Waals surface area contributed by atoms with Gasteiger partial charge in [-0.05, 0) is 41.1 Å². The number of hydrogen-bond acceptors (Lipinski definition) is 4. The average molecular weight is 344 g/mol. The Bertz CT molecular complexity index is 486. The number of unbranched alkanes of at least 4 members (excludes halogenated alkanes) is 1. The Morgan fingerprint density at radius 2 is 2.30 bits per heavy atom. The molecule has 20 heavy (non-hydrogen) atoms. The largest absolute Gasteiger partial charge is 0.380 e. The van der Waals surface area contributed by atoms with Gasteiger partial charge in [-0.15, -0.1) is 0 Å². The van der Waals surface area contributed by atoms with Gasteiger partial charge in [-0.3, -0.25) is 4.79 Å². The van der Waals surface area contributed by atoms with Crippen LogP contribution >= 0.6 is 15.9 Å². The molecule has 0 radical (unpaired) electrons. The minimum absolute atomic E-state index is 0.0613. The second kappa shape index (κ2) is 7.78. The Morgan fingerprint density at radius 3 is 3.00 bits per heavy atom. The zero-order chi connectivity index (χ0) is 14.4. The van der Waals surface area contributed by atoms with Crippen molar-refractivity contribution in [1.29, 1.82) is 0 Å². The number of ether oxygens (including phenoxy) is 1. The lowest BCUT2D eigenvalue weighted by atomic mass is 10.4. The highest BCUT2D eigenvalue weighted by molar-refractivity contribution is 9.10. The highest BCUT2D eigenvalue weighted by Gasteiger charge is 2.23. The number of hydrogen-bond donors (Lipinski definition) is 1. The first-order valence-corrected chi connectivity index (χ1v) is 8.09. The van der Waals surface area contributed by atoms with Crippen molar-refractivity contribution in [2.45, 2.75) is 39.2 Å². The fourth-order valence-corrected chi connectivity index (χ4v) is 2.32. The lowest BCUT2D eigenvalue weighted by Gasteiger charge is -2.10. The Morgan fingerprint density at radius 1 is 1.50 bits per heavy atom. The van der Waals surface area contributed by atoms with Crippen molar-refractivity contribution in [3.63, 3.8) is 0 Å². The molecule has 112 valence electrons. The Balaban J connectivity index is 1.82. The predicted molar refractivity (Wildman–Crippen MR) is 83.1 cm³/mol. The molecule has 1 fully saturated rings. The molecule has 0 aliphatic heterocycles. The molecule has 2 rings (SSSR count). The van der Waals surface area contributed by atoms with Gasteiger partial charge in [0.2, 0.25) is 0 Å². The molecule has 0 amide bonds. The van der Waals surface area contributed by atoms with E-state index in [1.807, 2.05) is 0 Å². The second-order valence-corrected chi connectivity index (χ2v) is 5.99. The molecule has 1 heterocycles. The first-order chi connectivity index (χ1) is 9.72. The van der Waals surface area contributed by atoms with E-state index in [1.54, 1.807) is 10.9 Å². The maximum atomic E-state index is 12.1. The van der Waals surface area contributed by atoms with Crippen LogP contribution in [0, 0.1) is 5.92 Å². The second-order valence-electron chi connectivity index (χ2n) is 5.20. The molecule has 1 aliphatic rings. The van der Waals surface area contributed by atoms with E-state index in [9.17, 15) is 4.79 Å². The summed E-state index contributed by atoms with van der Waals surface area (Å²) < 4.78 is 7.57. The standard InChI is InChI=1S/C14H22BrN3O2/c1-2-3-7-20-8-6-16-12-9-17-18(10-11-4-5-11)14(19)13(12)15/h9,11,16H,2-8,10H2,1H3. The fraction of sp³-hybridized carbons (Fsp3) is 0.714. The summed E-state index contributed by atoms with van der Waals surface area (Å²) in [5.74, 6) is 0.637. The average Bonchev–Trinajstić information content (AvgIpc) is 3.25. The van der Waals surface area contributed by atoms with E-state index in [2.05, 4.69) is 33.3 Å². The smallest absolute Gasteiger partial charge is 0.283 e. The van der Waals surface area contributed by atoms with Crippen LogP contribution in [0.15, 0.2) is 15.5 Å². The van der Waals surface area contributed by atoms with Crippen LogP contribution in [0.25, 0.3) is 0 Å². The number of anilines is 1. The first-order valence-electron chi connectivity index (χ1n) is 7.29. The lowest BCUT2D eigenvalue weighted by Crippen LogP contribution is -2.25. The third-order valence-electron chi connectivity index (χ3n) is 3.32. The van der Waals surface area contributed by atoms with Crippen molar-refractivity contribution in [2.24, 2.45) is 5.92 Å². The molecule has 6 heteroatoms. The third-order valence-corrected chi connectivity index (χ3v) is 4.08. The van der Waals surface area contributed by atoms with Gasteiger partial charge in [-0.25, -0.2) is 4.68 Å². The van der Waals surface area contributed by atoms with Gasteiger partial charge >= 0.3 is 0 Å². The van der Waals surface area contributed by atoms with Crippen LogP contribution in [-0.2, 0) is 11.3 Å². The van der Waals surface area contributed by atoms with Crippen LogP contribution < -0.4 is 10.9 Å². The normalized spacial score (nSPS) is 14.5. The highest BCUT2D eigenvalue weighted by Crippen LogP contribution is 2.30. The number of nitrogens with one attached hydrogen (secondary N) is 1. The van der Waals surface area contributed by atoms with Gasteiger partial charge in [-0.2, -0.15) is 5.10 Å². The fourth-order valence-electron chi connectivity index (χ4n) is 1.87. The molecule has 0 bridgehead atoms. The lowest BCUT2D eigenvalue weighted by molar-refractivity contribution is 0.141. The van der Waals surface area contributed by atoms with Crippen molar-refractivity contribution in [2.75, 3.05) is 25.1 Å². The SMILES string of the molecule is CCCCOCCNc1cnn(CC2CC2)c(=O)c1Br. The summed E-state index contributed by atoms with van der Waals surface area (Å²) in [6.45, 7) is 4.98. The summed E-state index contributed by atoms with van der Waals surface area (Å²) in [5, 5.41) is 7.40. The van der Waals surface area contributed by atoms with E-state index in [1.165, 1.54) is 12.8 Å². The quantitative estimate of drug-likeness (QED) is 0.700. The van der Waals surface area contributed by atoms with E-state index < -0.39 is 0 Å². The van der Waals surface area contributed by atoms with Gasteiger partial charge in [0.1, 0.15) is 4.47 Å². The van der Waals surface area contributed by atoms with Gasteiger partial charge in [0, 0.05) is 19.7 Å². The van der Waals surface area contributed by atoms with Crippen molar-refractivity contribution >= 4 is 21.6 Å². The molecule has 1 aromatic heterocycles. The maximum absolute atomic E-state index is 12.1. The van der Waals surface area contributed by atoms with E-state index in [-0.39, 0.29) is 5.56 Å². The van der Waals surface area contributed by atoms with Crippen LogP contribution in [0.4, 0.5) is 5.69 Å². The molecule has 1 N–H and O–H groups in total. The zero-order valence-electron chi connectivity index (χ0n) is 11.9. The Kier molecular flexibility index (Phi) is 6.04. The molecule has 0 atom stereocenters. The molecule has 0 aromatic carbocycles. The van der Waals surface area contributed by atoms with Crippen LogP contribution in [0.5, 0.6) is 0 Å². The molecule has 1 aliphatic carbocycles. The summed E-state index contributed by atoms with van der Waals surface area (Å²) in [6.07, 6.45) is 6.35. The van der Waals surface area contributed by atoms with Crippen LogP contribution in [0.2, 0.25) is 0 Å². The molecule has 0 spiro atoms. The first kappa shape index (κ1) is 15.5.